The van der Waals surface area contributed by atoms with Gasteiger partial charge in [0.1, 0.15) is 11.4 Å². The van der Waals surface area contributed by atoms with Crippen LogP contribution in [0.25, 0.3) is 0 Å². The van der Waals surface area contributed by atoms with Crippen LogP contribution in [0.15, 0.2) is 24.4 Å². The molecule has 0 unspecified atom stereocenters. The summed E-state index contributed by atoms with van der Waals surface area (Å²) in [5.41, 5.74) is 1.68. The van der Waals surface area contributed by atoms with E-state index in [2.05, 4.69) is 9.97 Å². The van der Waals surface area contributed by atoms with Crippen molar-refractivity contribution >= 4 is 11.6 Å². The van der Waals surface area contributed by atoms with E-state index in [0.717, 1.165) is 5.56 Å². The number of hydrogen-bond acceptors (Lipinski definition) is 5. The minimum Gasteiger partial charge on any atom is -0.481 e. The summed E-state index contributed by atoms with van der Waals surface area (Å²) >= 11 is 0. The molecule has 0 N–H and O–H groups in total. The van der Waals surface area contributed by atoms with Gasteiger partial charge in [0.2, 0.25) is 11.7 Å². The number of nitrogens with zero attached hydrogens (tertiary/aromatic N) is 2. The molecule has 0 amide bonds. The third-order valence-electron chi connectivity index (χ3n) is 3.14. The van der Waals surface area contributed by atoms with Crippen molar-refractivity contribution in [2.24, 2.45) is 0 Å². The molecular weight excluding hydrogens is 244 g/mol. The summed E-state index contributed by atoms with van der Waals surface area (Å²) in [4.78, 5) is 32.8. The molecule has 5 nitrogen and oxygen atoms in total. The average Bonchev–Trinajstić information content (AvgIpc) is 2.44. The number of ether oxygens (including phenoxy) is 1. The number of aryl methyl sites for hydroxylation is 1. The number of hydrogen-bond donors (Lipinski definition) is 0. The fraction of sp³-hybridized carbons (Fsp3) is 0.143. The standard InChI is InChI=1S/C14H10N2O3/c1-7-5-6-15-12-10(7)13(17)8-3-4-9(19-2)16-11(8)14(12)18/h3-6H,1-2H3. The van der Waals surface area contributed by atoms with Gasteiger partial charge in [0, 0.05) is 12.3 Å². The largest absolute Gasteiger partial charge is 0.481 e. The fourth-order valence-electron chi connectivity index (χ4n) is 2.18. The third kappa shape index (κ3) is 1.55. The molecule has 2 heterocycles. The van der Waals surface area contributed by atoms with Crippen molar-refractivity contribution < 1.29 is 14.3 Å². The van der Waals surface area contributed by atoms with Gasteiger partial charge < -0.3 is 4.74 Å². The Bertz CT molecular complexity index is 723. The normalized spacial score (nSPS) is 12.9. The lowest BCUT2D eigenvalue weighted by molar-refractivity contribution is 0.0970. The van der Waals surface area contributed by atoms with Crippen LogP contribution in [0.5, 0.6) is 5.88 Å². The molecule has 0 fully saturated rings. The summed E-state index contributed by atoms with van der Waals surface area (Å²) in [6, 6.07) is 4.85. The number of ketones is 2. The fourth-order valence-corrected chi connectivity index (χ4v) is 2.18. The van der Waals surface area contributed by atoms with E-state index in [9.17, 15) is 9.59 Å². The monoisotopic (exact) mass is 254 g/mol. The van der Waals surface area contributed by atoms with Crippen LogP contribution in [-0.4, -0.2) is 28.6 Å². The first-order valence-electron chi connectivity index (χ1n) is 5.73. The topological polar surface area (TPSA) is 69.2 Å². The predicted molar refractivity (Wildman–Crippen MR) is 66.6 cm³/mol. The molecule has 0 radical (unpaired) electrons. The smallest absolute Gasteiger partial charge is 0.231 e. The van der Waals surface area contributed by atoms with E-state index < -0.39 is 0 Å². The maximum absolute atomic E-state index is 12.4. The van der Waals surface area contributed by atoms with Gasteiger partial charge in [0.05, 0.1) is 18.2 Å². The van der Waals surface area contributed by atoms with Gasteiger partial charge in [-0.05, 0) is 24.6 Å². The molecule has 0 saturated heterocycles. The lowest BCUT2D eigenvalue weighted by Gasteiger charge is -2.17. The van der Waals surface area contributed by atoms with Crippen LogP contribution < -0.4 is 4.74 Å². The van der Waals surface area contributed by atoms with Crippen LogP contribution >= 0.6 is 0 Å². The number of methoxy groups -OCH3 is 1. The highest BCUT2D eigenvalue weighted by Crippen LogP contribution is 2.28. The first-order valence-corrected chi connectivity index (χ1v) is 5.73. The van der Waals surface area contributed by atoms with Crippen molar-refractivity contribution in [3.05, 3.63) is 52.5 Å². The van der Waals surface area contributed by atoms with E-state index in [1.54, 1.807) is 25.1 Å². The van der Waals surface area contributed by atoms with E-state index in [-0.39, 0.29) is 23.0 Å². The highest BCUT2D eigenvalue weighted by atomic mass is 16.5. The first kappa shape index (κ1) is 11.5. The van der Waals surface area contributed by atoms with Crippen LogP contribution in [-0.2, 0) is 0 Å². The lowest BCUT2D eigenvalue weighted by Crippen LogP contribution is -2.24. The van der Waals surface area contributed by atoms with Gasteiger partial charge in [-0.25, -0.2) is 4.98 Å². The Morgan fingerprint density at radius 1 is 1.05 bits per heavy atom. The van der Waals surface area contributed by atoms with Crippen LogP contribution in [0.4, 0.5) is 0 Å². The molecule has 0 aliphatic heterocycles. The van der Waals surface area contributed by atoms with Crippen LogP contribution in [0, 0.1) is 6.92 Å². The van der Waals surface area contributed by atoms with E-state index in [1.807, 2.05) is 0 Å². The number of rotatable bonds is 1. The van der Waals surface area contributed by atoms with Crippen LogP contribution in [0.1, 0.15) is 37.7 Å². The van der Waals surface area contributed by atoms with E-state index in [0.29, 0.717) is 17.0 Å². The van der Waals surface area contributed by atoms with Gasteiger partial charge in [-0.3, -0.25) is 14.6 Å². The molecule has 2 aromatic rings. The summed E-state index contributed by atoms with van der Waals surface area (Å²) in [5.74, 6) is -0.256. The van der Waals surface area contributed by atoms with Crippen molar-refractivity contribution in [2.45, 2.75) is 6.92 Å². The van der Waals surface area contributed by atoms with E-state index >= 15 is 0 Å². The van der Waals surface area contributed by atoms with Crippen molar-refractivity contribution in [3.63, 3.8) is 0 Å². The van der Waals surface area contributed by atoms with Crippen molar-refractivity contribution in [2.75, 3.05) is 7.11 Å². The number of carbonyl (C=O) groups is 2. The first-order chi connectivity index (χ1) is 9.13. The average molecular weight is 254 g/mol. The van der Waals surface area contributed by atoms with Gasteiger partial charge in [0.25, 0.3) is 0 Å². The van der Waals surface area contributed by atoms with Crippen molar-refractivity contribution in [1.82, 2.24) is 9.97 Å². The van der Waals surface area contributed by atoms with Gasteiger partial charge >= 0.3 is 0 Å². The summed E-state index contributed by atoms with van der Waals surface area (Å²) in [7, 11) is 1.46. The summed E-state index contributed by atoms with van der Waals surface area (Å²) in [5, 5.41) is 0. The molecule has 1 aliphatic carbocycles. The molecule has 0 aromatic carbocycles. The second-order valence-electron chi connectivity index (χ2n) is 4.26. The summed E-state index contributed by atoms with van der Waals surface area (Å²) in [6.45, 7) is 1.79. The summed E-state index contributed by atoms with van der Waals surface area (Å²) in [6.07, 6.45) is 1.52. The van der Waals surface area contributed by atoms with E-state index in [1.165, 1.54) is 13.3 Å². The number of pyridine rings is 2. The van der Waals surface area contributed by atoms with Crippen molar-refractivity contribution in [3.8, 4) is 5.88 Å². The molecular formula is C14H10N2O3. The number of aromatic nitrogens is 2. The molecule has 5 heteroatoms. The number of carbonyl (C=O) groups excluding carboxylic acids is 2. The predicted octanol–water partition coefficient (Wildman–Crippen LogP) is 1.57. The highest BCUT2D eigenvalue weighted by molar-refractivity contribution is 6.27. The molecule has 0 atom stereocenters. The maximum atomic E-state index is 12.4. The van der Waals surface area contributed by atoms with Crippen molar-refractivity contribution in [1.29, 1.82) is 0 Å². The molecule has 1 aliphatic rings. The quantitative estimate of drug-likeness (QED) is 0.659. The highest BCUT2D eigenvalue weighted by Gasteiger charge is 2.33. The molecule has 0 bridgehead atoms. The minimum atomic E-state index is -0.341. The third-order valence-corrected chi connectivity index (χ3v) is 3.14. The van der Waals surface area contributed by atoms with Crippen LogP contribution in [0.3, 0.4) is 0 Å². The molecule has 94 valence electrons. The zero-order chi connectivity index (χ0) is 13.6. The SMILES string of the molecule is COc1ccc2c(n1)C(=O)c1nccc(C)c1C2=O. The van der Waals surface area contributed by atoms with Gasteiger partial charge in [-0.2, -0.15) is 0 Å². The zero-order valence-electron chi connectivity index (χ0n) is 10.4. The Hall–Kier alpha value is -2.56. The van der Waals surface area contributed by atoms with Crippen LogP contribution in [0.2, 0.25) is 0 Å². The molecule has 19 heavy (non-hydrogen) atoms. The Kier molecular flexibility index (Phi) is 2.41. The Labute approximate surface area is 109 Å². The minimum absolute atomic E-state index is 0.106. The zero-order valence-corrected chi connectivity index (χ0v) is 10.4. The van der Waals surface area contributed by atoms with Gasteiger partial charge in [-0.15, -0.1) is 0 Å². The number of fused-ring (bicyclic) bond motifs is 2. The van der Waals surface area contributed by atoms with Gasteiger partial charge in [0.15, 0.2) is 5.78 Å². The Morgan fingerprint density at radius 2 is 1.84 bits per heavy atom. The molecule has 0 saturated carbocycles. The molecule has 3 rings (SSSR count). The summed E-state index contributed by atoms with van der Waals surface area (Å²) < 4.78 is 4.98. The van der Waals surface area contributed by atoms with E-state index in [4.69, 9.17) is 4.74 Å². The van der Waals surface area contributed by atoms with Gasteiger partial charge in [-0.1, -0.05) is 0 Å². The maximum Gasteiger partial charge on any atom is 0.231 e. The molecule has 0 spiro atoms. The second kappa shape index (κ2) is 3.98. The molecule has 2 aromatic heterocycles. The second-order valence-corrected chi connectivity index (χ2v) is 4.26. The Morgan fingerprint density at radius 3 is 2.58 bits per heavy atom. The lowest BCUT2D eigenvalue weighted by atomic mass is 9.88. The Balaban J connectivity index is 2.29.